The summed E-state index contributed by atoms with van der Waals surface area (Å²) in [6, 6.07) is 0. The van der Waals surface area contributed by atoms with E-state index in [9.17, 15) is 13.6 Å². The Labute approximate surface area is 62.9 Å². The monoisotopic (exact) mass is 165 g/mol. The van der Waals surface area contributed by atoms with E-state index < -0.39 is 24.5 Å². The predicted octanol–water partition coefficient (Wildman–Crippen LogP) is 0.877. The van der Waals surface area contributed by atoms with Gasteiger partial charge >= 0.3 is 5.97 Å². The summed E-state index contributed by atoms with van der Waals surface area (Å²) >= 11 is 0. The molecule has 0 aliphatic heterocycles. The molecule has 64 valence electrons. The highest BCUT2D eigenvalue weighted by Crippen LogP contribution is 1.97. The highest BCUT2D eigenvalue weighted by molar-refractivity contribution is 6.03. The quantitative estimate of drug-likeness (QED) is 0.496. The van der Waals surface area contributed by atoms with E-state index in [0.717, 1.165) is 0 Å². The molecule has 0 saturated heterocycles. The maximum atomic E-state index is 12.4. The van der Waals surface area contributed by atoms with Gasteiger partial charge in [0.05, 0.1) is 12.3 Å². The minimum absolute atomic E-state index is 0.0266. The van der Waals surface area contributed by atoms with Gasteiger partial charge in [-0.2, -0.15) is 0 Å². The maximum Gasteiger partial charge on any atom is 0.346 e. The molecule has 0 bridgehead atoms. The van der Waals surface area contributed by atoms with Crippen LogP contribution in [0.15, 0.2) is 0 Å². The zero-order chi connectivity index (χ0) is 8.85. The zero-order valence-corrected chi connectivity index (χ0v) is 6.06. The van der Waals surface area contributed by atoms with Crippen LogP contribution in [0, 0.1) is 5.41 Å². The van der Waals surface area contributed by atoms with Crippen LogP contribution in [0.5, 0.6) is 0 Å². The summed E-state index contributed by atoms with van der Waals surface area (Å²) in [5.41, 5.74) is -0.900. The predicted molar refractivity (Wildman–Crippen MR) is 35.2 cm³/mol. The van der Waals surface area contributed by atoms with Crippen LogP contribution >= 0.6 is 0 Å². The second kappa shape index (κ2) is 4.76. The van der Waals surface area contributed by atoms with Crippen molar-refractivity contribution in [3.8, 4) is 0 Å². The number of hydrogen-bond donors (Lipinski definition) is 1. The van der Waals surface area contributed by atoms with Gasteiger partial charge in [0.15, 0.2) is 0 Å². The zero-order valence-electron chi connectivity index (χ0n) is 6.06. The van der Waals surface area contributed by atoms with E-state index in [1.807, 2.05) is 0 Å². The van der Waals surface area contributed by atoms with Crippen LogP contribution in [0.25, 0.3) is 0 Å². The minimum Gasteiger partial charge on any atom is -0.464 e. The molecular formula is C6H9F2NO2. The summed E-state index contributed by atoms with van der Waals surface area (Å²) < 4.78 is 28.2. The lowest BCUT2D eigenvalue weighted by molar-refractivity contribution is -0.146. The first-order valence-electron chi connectivity index (χ1n) is 3.07. The van der Waals surface area contributed by atoms with Crippen molar-refractivity contribution in [1.29, 1.82) is 5.41 Å². The Balaban J connectivity index is 3.91. The third kappa shape index (κ3) is 3.06. The molecule has 3 nitrogen and oxygen atoms in total. The largest absolute Gasteiger partial charge is 0.464 e. The Bertz CT molecular complexity index is 161. The summed E-state index contributed by atoms with van der Waals surface area (Å²) in [6.45, 7) is 0.266. The first kappa shape index (κ1) is 10.0. The first-order valence-corrected chi connectivity index (χ1v) is 3.07. The molecule has 0 aromatic rings. The molecule has 0 rings (SSSR count). The van der Waals surface area contributed by atoms with Gasteiger partial charge in [0.1, 0.15) is 6.67 Å². The van der Waals surface area contributed by atoms with Gasteiger partial charge in [-0.1, -0.05) is 0 Å². The molecular weight excluding hydrogens is 156 g/mol. The van der Waals surface area contributed by atoms with E-state index in [4.69, 9.17) is 5.41 Å². The molecule has 0 fully saturated rings. The highest BCUT2D eigenvalue weighted by Gasteiger charge is 2.23. The smallest absolute Gasteiger partial charge is 0.346 e. The Hall–Kier alpha value is -1.00. The molecule has 0 radical (unpaired) electrons. The van der Waals surface area contributed by atoms with E-state index >= 15 is 0 Å². The van der Waals surface area contributed by atoms with Crippen molar-refractivity contribution >= 4 is 11.7 Å². The summed E-state index contributed by atoms with van der Waals surface area (Å²) in [7, 11) is 0. The summed E-state index contributed by atoms with van der Waals surface area (Å²) in [5, 5.41) is 6.60. The number of carbonyl (C=O) groups is 1. The molecule has 0 spiro atoms. The van der Waals surface area contributed by atoms with Crippen LogP contribution in [0.2, 0.25) is 0 Å². The summed E-state index contributed by atoms with van der Waals surface area (Å²) in [6.07, 6.45) is -2.25. The standard InChI is InChI=1S/C6H9F2NO2/c1-2-11-6(10)5(8)4(9)3-7/h5,9H,2-3H2,1H3. The minimum atomic E-state index is -2.25. The van der Waals surface area contributed by atoms with Crippen LogP contribution in [0.1, 0.15) is 6.92 Å². The molecule has 0 heterocycles. The highest BCUT2D eigenvalue weighted by atomic mass is 19.1. The second-order valence-electron chi connectivity index (χ2n) is 1.77. The van der Waals surface area contributed by atoms with Crippen molar-refractivity contribution in [1.82, 2.24) is 0 Å². The van der Waals surface area contributed by atoms with Gasteiger partial charge in [0.25, 0.3) is 0 Å². The first-order chi connectivity index (χ1) is 5.13. The number of halogens is 2. The van der Waals surface area contributed by atoms with Crippen LogP contribution < -0.4 is 0 Å². The lowest BCUT2D eigenvalue weighted by atomic mass is 10.2. The number of hydrogen-bond acceptors (Lipinski definition) is 3. The third-order valence-electron chi connectivity index (χ3n) is 0.943. The van der Waals surface area contributed by atoms with Crippen molar-refractivity contribution in [3.63, 3.8) is 0 Å². The molecule has 0 aliphatic carbocycles. The van der Waals surface area contributed by atoms with Crippen LogP contribution in [-0.2, 0) is 9.53 Å². The van der Waals surface area contributed by atoms with Crippen molar-refractivity contribution in [2.24, 2.45) is 0 Å². The number of alkyl halides is 2. The van der Waals surface area contributed by atoms with Crippen LogP contribution in [0.3, 0.4) is 0 Å². The SMILES string of the molecule is CCOC(=O)C(F)C(=N)CF. The maximum absolute atomic E-state index is 12.4. The molecule has 1 unspecified atom stereocenters. The lowest BCUT2D eigenvalue weighted by Gasteiger charge is -2.05. The molecule has 0 saturated carbocycles. The fourth-order valence-electron chi connectivity index (χ4n) is 0.425. The van der Waals surface area contributed by atoms with Gasteiger partial charge in [0, 0.05) is 0 Å². The topological polar surface area (TPSA) is 50.2 Å². The normalized spacial score (nSPS) is 12.3. The van der Waals surface area contributed by atoms with Crippen molar-refractivity contribution in [2.75, 3.05) is 13.3 Å². The van der Waals surface area contributed by atoms with Crippen molar-refractivity contribution < 1.29 is 18.3 Å². The van der Waals surface area contributed by atoms with Gasteiger partial charge in [-0.15, -0.1) is 0 Å². The van der Waals surface area contributed by atoms with E-state index in [0.29, 0.717) is 0 Å². The Morgan fingerprint density at radius 2 is 2.27 bits per heavy atom. The fraction of sp³-hybridized carbons (Fsp3) is 0.667. The second-order valence-corrected chi connectivity index (χ2v) is 1.77. The number of rotatable bonds is 4. The molecule has 0 aliphatic rings. The van der Waals surface area contributed by atoms with E-state index in [2.05, 4.69) is 4.74 Å². The van der Waals surface area contributed by atoms with Crippen LogP contribution in [0.4, 0.5) is 8.78 Å². The fourth-order valence-corrected chi connectivity index (χ4v) is 0.425. The molecule has 0 amide bonds. The Morgan fingerprint density at radius 1 is 1.73 bits per heavy atom. The van der Waals surface area contributed by atoms with Crippen molar-refractivity contribution in [2.45, 2.75) is 13.1 Å². The lowest BCUT2D eigenvalue weighted by Crippen LogP contribution is -2.28. The number of carbonyl (C=O) groups excluding carboxylic acids is 1. The number of nitrogens with one attached hydrogen (secondary N) is 1. The van der Waals surface area contributed by atoms with E-state index in [1.54, 1.807) is 0 Å². The number of ether oxygens (including phenoxy) is 1. The van der Waals surface area contributed by atoms with Gasteiger partial charge < -0.3 is 10.1 Å². The van der Waals surface area contributed by atoms with Crippen molar-refractivity contribution in [3.05, 3.63) is 0 Å². The summed E-state index contributed by atoms with van der Waals surface area (Å²) in [4.78, 5) is 10.4. The molecule has 0 aromatic carbocycles. The van der Waals surface area contributed by atoms with Gasteiger partial charge in [0.2, 0.25) is 6.17 Å². The third-order valence-corrected chi connectivity index (χ3v) is 0.943. The Morgan fingerprint density at radius 3 is 2.64 bits per heavy atom. The average Bonchev–Trinajstić information content (AvgIpc) is 2.02. The van der Waals surface area contributed by atoms with Gasteiger partial charge in [-0.25, -0.2) is 13.6 Å². The molecule has 1 N–H and O–H groups in total. The average molecular weight is 165 g/mol. The van der Waals surface area contributed by atoms with Gasteiger partial charge in [-0.3, -0.25) is 0 Å². The Kier molecular flexibility index (Phi) is 4.33. The molecule has 11 heavy (non-hydrogen) atoms. The molecule has 1 atom stereocenters. The molecule has 0 aromatic heterocycles. The molecule has 5 heteroatoms. The van der Waals surface area contributed by atoms with E-state index in [1.165, 1.54) is 6.92 Å². The van der Waals surface area contributed by atoms with E-state index in [-0.39, 0.29) is 6.61 Å². The van der Waals surface area contributed by atoms with Gasteiger partial charge in [-0.05, 0) is 6.92 Å². The van der Waals surface area contributed by atoms with Crippen LogP contribution in [-0.4, -0.2) is 31.1 Å². The number of esters is 1. The summed E-state index contributed by atoms with van der Waals surface area (Å²) in [5.74, 6) is -1.20.